The Balaban J connectivity index is 1.91. The molecule has 1 aromatic rings. The third kappa shape index (κ3) is 2.80. The zero-order valence-corrected chi connectivity index (χ0v) is 9.26. The Kier molecular flexibility index (Phi) is 3.39. The maximum atomic E-state index is 9.78. The van der Waals surface area contributed by atoms with Gasteiger partial charge in [-0.15, -0.1) is 0 Å². The van der Waals surface area contributed by atoms with Gasteiger partial charge in [-0.2, -0.15) is 0 Å². The van der Waals surface area contributed by atoms with E-state index in [0.29, 0.717) is 5.92 Å². The molecule has 0 aromatic heterocycles. The third-order valence-electron chi connectivity index (χ3n) is 3.25. The number of nitrogens with zero attached hydrogens (tertiary/aromatic N) is 1. The third-order valence-corrected chi connectivity index (χ3v) is 3.25. The van der Waals surface area contributed by atoms with Gasteiger partial charge in [0.25, 0.3) is 0 Å². The van der Waals surface area contributed by atoms with Gasteiger partial charge in [0, 0.05) is 13.1 Å². The van der Waals surface area contributed by atoms with Crippen LogP contribution in [0.5, 0.6) is 0 Å². The first-order valence-corrected chi connectivity index (χ1v) is 5.70. The van der Waals surface area contributed by atoms with E-state index in [9.17, 15) is 5.11 Å². The second kappa shape index (κ2) is 4.77. The smallest absolute Gasteiger partial charge is 0.0693 e. The molecular formula is C13H19NO. The topological polar surface area (TPSA) is 23.5 Å². The number of β-amino-alcohol motifs (C(OH)–C–C–N with tert-alkyl or cyclic N) is 1. The van der Waals surface area contributed by atoms with Gasteiger partial charge < -0.3 is 5.11 Å². The van der Waals surface area contributed by atoms with Crippen molar-refractivity contribution >= 4 is 0 Å². The molecule has 1 aliphatic heterocycles. The molecule has 1 unspecified atom stereocenters. The van der Waals surface area contributed by atoms with Crippen molar-refractivity contribution in [3.8, 4) is 0 Å². The van der Waals surface area contributed by atoms with E-state index in [1.165, 1.54) is 5.56 Å². The molecule has 1 heterocycles. The number of rotatable bonds is 2. The minimum Gasteiger partial charge on any atom is -0.392 e. The van der Waals surface area contributed by atoms with Crippen molar-refractivity contribution < 1.29 is 5.11 Å². The molecule has 0 aliphatic carbocycles. The van der Waals surface area contributed by atoms with Gasteiger partial charge in [-0.3, -0.25) is 4.90 Å². The maximum absolute atomic E-state index is 9.78. The molecule has 15 heavy (non-hydrogen) atoms. The average molecular weight is 205 g/mol. The van der Waals surface area contributed by atoms with Crippen LogP contribution >= 0.6 is 0 Å². The van der Waals surface area contributed by atoms with Crippen LogP contribution in [0.4, 0.5) is 0 Å². The lowest BCUT2D eigenvalue weighted by Crippen LogP contribution is -2.42. The summed E-state index contributed by atoms with van der Waals surface area (Å²) in [6, 6.07) is 10.5. The van der Waals surface area contributed by atoms with Crippen LogP contribution in [0.1, 0.15) is 18.9 Å². The monoisotopic (exact) mass is 205 g/mol. The van der Waals surface area contributed by atoms with Gasteiger partial charge in [0.1, 0.15) is 0 Å². The summed E-state index contributed by atoms with van der Waals surface area (Å²) in [5, 5.41) is 9.78. The summed E-state index contributed by atoms with van der Waals surface area (Å²) in [6.07, 6.45) is 0.955. The van der Waals surface area contributed by atoms with Crippen molar-refractivity contribution in [2.24, 2.45) is 5.92 Å². The summed E-state index contributed by atoms with van der Waals surface area (Å²) in [4.78, 5) is 2.33. The first kappa shape index (κ1) is 10.7. The van der Waals surface area contributed by atoms with E-state index in [1.54, 1.807) is 0 Å². The molecule has 1 N–H and O–H groups in total. The Bertz CT molecular complexity index is 299. The SMILES string of the molecule is CC1CCN(Cc2ccccc2)C[C@H]1O. The summed E-state index contributed by atoms with van der Waals surface area (Å²) in [5.74, 6) is 0.456. The summed E-state index contributed by atoms with van der Waals surface area (Å²) >= 11 is 0. The first-order chi connectivity index (χ1) is 7.25. The molecule has 2 nitrogen and oxygen atoms in total. The van der Waals surface area contributed by atoms with E-state index in [0.717, 1.165) is 26.1 Å². The van der Waals surface area contributed by atoms with E-state index in [1.807, 2.05) is 6.07 Å². The van der Waals surface area contributed by atoms with Crippen molar-refractivity contribution in [1.29, 1.82) is 0 Å². The zero-order valence-electron chi connectivity index (χ0n) is 9.26. The van der Waals surface area contributed by atoms with Crippen molar-refractivity contribution in [3.05, 3.63) is 35.9 Å². The second-order valence-corrected chi connectivity index (χ2v) is 4.55. The lowest BCUT2D eigenvalue weighted by Gasteiger charge is -2.34. The highest BCUT2D eigenvalue weighted by Crippen LogP contribution is 2.18. The minimum absolute atomic E-state index is 0.150. The van der Waals surface area contributed by atoms with Gasteiger partial charge in [-0.25, -0.2) is 0 Å². The molecule has 1 aromatic carbocycles. The highest BCUT2D eigenvalue weighted by molar-refractivity contribution is 5.14. The highest BCUT2D eigenvalue weighted by atomic mass is 16.3. The number of hydrogen-bond donors (Lipinski definition) is 1. The van der Waals surface area contributed by atoms with Crippen LogP contribution in [-0.4, -0.2) is 29.2 Å². The van der Waals surface area contributed by atoms with Crippen LogP contribution in [0.2, 0.25) is 0 Å². The minimum atomic E-state index is -0.150. The Hall–Kier alpha value is -0.860. The van der Waals surface area contributed by atoms with Crippen molar-refractivity contribution in [2.75, 3.05) is 13.1 Å². The molecule has 1 aliphatic rings. The Morgan fingerprint density at radius 2 is 2.07 bits per heavy atom. The number of aliphatic hydroxyl groups excluding tert-OH is 1. The van der Waals surface area contributed by atoms with Crippen LogP contribution in [0.25, 0.3) is 0 Å². The number of benzene rings is 1. The van der Waals surface area contributed by atoms with Gasteiger partial charge >= 0.3 is 0 Å². The summed E-state index contributed by atoms with van der Waals surface area (Å²) in [6.45, 7) is 5.01. The fourth-order valence-corrected chi connectivity index (χ4v) is 2.10. The van der Waals surface area contributed by atoms with Crippen LogP contribution in [-0.2, 0) is 6.54 Å². The quantitative estimate of drug-likeness (QED) is 0.797. The van der Waals surface area contributed by atoms with E-state index >= 15 is 0 Å². The number of piperidine rings is 1. The average Bonchev–Trinajstić information content (AvgIpc) is 2.25. The molecule has 0 amide bonds. The molecular weight excluding hydrogens is 186 g/mol. The summed E-state index contributed by atoms with van der Waals surface area (Å²) < 4.78 is 0. The van der Waals surface area contributed by atoms with E-state index in [4.69, 9.17) is 0 Å². The fourth-order valence-electron chi connectivity index (χ4n) is 2.10. The molecule has 2 heteroatoms. The molecule has 0 saturated carbocycles. The molecule has 1 saturated heterocycles. The van der Waals surface area contributed by atoms with Gasteiger partial charge in [-0.1, -0.05) is 37.3 Å². The van der Waals surface area contributed by atoms with E-state index < -0.39 is 0 Å². The van der Waals surface area contributed by atoms with Gasteiger partial charge in [0.2, 0.25) is 0 Å². The predicted molar refractivity (Wildman–Crippen MR) is 61.5 cm³/mol. The lowest BCUT2D eigenvalue weighted by atomic mass is 9.96. The first-order valence-electron chi connectivity index (χ1n) is 5.70. The van der Waals surface area contributed by atoms with Crippen molar-refractivity contribution in [2.45, 2.75) is 26.0 Å². The normalized spacial score (nSPS) is 27.9. The van der Waals surface area contributed by atoms with Gasteiger partial charge in [-0.05, 0) is 24.4 Å². The van der Waals surface area contributed by atoms with Crippen LogP contribution in [0.15, 0.2) is 30.3 Å². The predicted octanol–water partition coefficient (Wildman–Crippen LogP) is 1.89. The Morgan fingerprint density at radius 1 is 1.33 bits per heavy atom. The number of likely N-dealkylation sites (tertiary alicyclic amines) is 1. The zero-order chi connectivity index (χ0) is 10.7. The largest absolute Gasteiger partial charge is 0.392 e. The Labute approximate surface area is 91.5 Å². The standard InChI is InChI=1S/C13H19NO/c1-11-7-8-14(10-13(11)15)9-12-5-3-2-4-6-12/h2-6,11,13,15H,7-10H2,1H3/t11?,13-/m1/s1. The van der Waals surface area contributed by atoms with Gasteiger partial charge in [0.05, 0.1) is 6.10 Å². The molecule has 82 valence electrons. The fraction of sp³-hybridized carbons (Fsp3) is 0.538. The van der Waals surface area contributed by atoms with Crippen molar-refractivity contribution in [1.82, 2.24) is 4.90 Å². The van der Waals surface area contributed by atoms with E-state index in [2.05, 4.69) is 36.1 Å². The van der Waals surface area contributed by atoms with Crippen LogP contribution < -0.4 is 0 Å². The second-order valence-electron chi connectivity index (χ2n) is 4.55. The number of aliphatic hydroxyl groups is 1. The van der Waals surface area contributed by atoms with E-state index in [-0.39, 0.29) is 6.10 Å². The Morgan fingerprint density at radius 3 is 2.73 bits per heavy atom. The molecule has 2 atom stereocenters. The van der Waals surface area contributed by atoms with Crippen molar-refractivity contribution in [3.63, 3.8) is 0 Å². The number of hydrogen-bond acceptors (Lipinski definition) is 2. The lowest BCUT2D eigenvalue weighted by molar-refractivity contribution is 0.0259. The molecule has 0 radical (unpaired) electrons. The van der Waals surface area contributed by atoms with Gasteiger partial charge in [0.15, 0.2) is 0 Å². The highest BCUT2D eigenvalue weighted by Gasteiger charge is 2.23. The molecule has 0 bridgehead atoms. The molecule has 0 spiro atoms. The van der Waals surface area contributed by atoms with Crippen LogP contribution in [0.3, 0.4) is 0 Å². The maximum Gasteiger partial charge on any atom is 0.0693 e. The summed E-state index contributed by atoms with van der Waals surface area (Å²) in [5.41, 5.74) is 1.33. The molecule has 2 rings (SSSR count). The molecule has 1 fully saturated rings. The van der Waals surface area contributed by atoms with Crippen LogP contribution in [0, 0.1) is 5.92 Å². The summed E-state index contributed by atoms with van der Waals surface area (Å²) in [7, 11) is 0.